The van der Waals surface area contributed by atoms with Gasteiger partial charge >= 0.3 is 0 Å². The minimum atomic E-state index is -0.0450. The summed E-state index contributed by atoms with van der Waals surface area (Å²) in [6.45, 7) is 4.33. The van der Waals surface area contributed by atoms with E-state index in [1.807, 2.05) is 6.20 Å². The van der Waals surface area contributed by atoms with Crippen LogP contribution in [0.1, 0.15) is 37.8 Å². The minimum Gasteiger partial charge on any atom is -0.382 e. The maximum absolute atomic E-state index is 6.19. The first-order valence-corrected chi connectivity index (χ1v) is 8.05. The van der Waals surface area contributed by atoms with E-state index in [2.05, 4.69) is 39.3 Å². The van der Waals surface area contributed by atoms with Gasteiger partial charge in [0.25, 0.3) is 0 Å². The molecular formula is C14H23IN2O2. The van der Waals surface area contributed by atoms with Crippen LogP contribution in [-0.4, -0.2) is 35.7 Å². The Morgan fingerprint density at radius 3 is 2.63 bits per heavy atom. The fourth-order valence-electron chi connectivity index (χ4n) is 2.74. The summed E-state index contributed by atoms with van der Waals surface area (Å²) in [5.74, 6) is 0. The quantitative estimate of drug-likeness (QED) is 0.564. The average Bonchev–Trinajstić information content (AvgIpc) is 2.72. The van der Waals surface area contributed by atoms with Gasteiger partial charge in [0.15, 0.2) is 0 Å². The number of ether oxygens (including phenoxy) is 2. The summed E-state index contributed by atoms with van der Waals surface area (Å²) in [4.78, 5) is 0. The molecular weight excluding hydrogens is 355 g/mol. The lowest BCUT2D eigenvalue weighted by molar-refractivity contribution is -0.0957. The summed E-state index contributed by atoms with van der Waals surface area (Å²) >= 11 is 2.33. The second-order valence-corrected chi connectivity index (χ2v) is 6.48. The van der Waals surface area contributed by atoms with Crippen molar-refractivity contribution in [2.24, 2.45) is 0 Å². The molecule has 0 amide bonds. The van der Waals surface area contributed by atoms with Crippen molar-refractivity contribution < 1.29 is 9.47 Å². The molecule has 0 saturated heterocycles. The van der Waals surface area contributed by atoms with Crippen molar-refractivity contribution >= 4 is 22.6 Å². The summed E-state index contributed by atoms with van der Waals surface area (Å²) in [6, 6.07) is 0. The summed E-state index contributed by atoms with van der Waals surface area (Å²) in [5.41, 5.74) is 1.19. The Morgan fingerprint density at radius 1 is 1.32 bits per heavy atom. The van der Waals surface area contributed by atoms with E-state index in [0.29, 0.717) is 13.2 Å². The Labute approximate surface area is 129 Å². The highest BCUT2D eigenvalue weighted by Crippen LogP contribution is 2.33. The van der Waals surface area contributed by atoms with Gasteiger partial charge in [-0.2, -0.15) is 5.10 Å². The van der Waals surface area contributed by atoms with Crippen molar-refractivity contribution in [3.8, 4) is 0 Å². The van der Waals surface area contributed by atoms with Gasteiger partial charge in [-0.15, -0.1) is 0 Å². The molecule has 0 spiro atoms. The fraction of sp³-hybridized carbons (Fsp3) is 0.786. The molecule has 1 aliphatic rings. The van der Waals surface area contributed by atoms with Crippen LogP contribution < -0.4 is 0 Å². The Balaban J connectivity index is 2.06. The molecule has 0 bridgehead atoms. The second-order valence-electron chi connectivity index (χ2n) is 5.32. The van der Waals surface area contributed by atoms with E-state index >= 15 is 0 Å². The molecule has 0 atom stereocenters. The highest BCUT2D eigenvalue weighted by atomic mass is 127. The topological polar surface area (TPSA) is 36.3 Å². The van der Waals surface area contributed by atoms with Gasteiger partial charge in [-0.05, 0) is 42.4 Å². The SMILES string of the molecule is COCCOC1(Cn2ncc(I)c2C)CCCCC1. The van der Waals surface area contributed by atoms with Gasteiger partial charge in [0.1, 0.15) is 0 Å². The Hall–Kier alpha value is -0.140. The smallest absolute Gasteiger partial charge is 0.0878 e. The Kier molecular flexibility index (Phi) is 5.65. The molecule has 1 saturated carbocycles. The first kappa shape index (κ1) is 15.3. The molecule has 2 rings (SSSR count). The molecule has 5 heteroatoms. The predicted molar refractivity (Wildman–Crippen MR) is 83.3 cm³/mol. The number of methoxy groups -OCH3 is 1. The highest BCUT2D eigenvalue weighted by Gasteiger charge is 2.34. The molecule has 1 fully saturated rings. The molecule has 19 heavy (non-hydrogen) atoms. The molecule has 1 aromatic heterocycles. The van der Waals surface area contributed by atoms with Crippen molar-refractivity contribution in [1.29, 1.82) is 0 Å². The molecule has 108 valence electrons. The van der Waals surface area contributed by atoms with Crippen LogP contribution in [0.4, 0.5) is 0 Å². The summed E-state index contributed by atoms with van der Waals surface area (Å²) in [5, 5.41) is 4.48. The Morgan fingerprint density at radius 2 is 2.05 bits per heavy atom. The summed E-state index contributed by atoms with van der Waals surface area (Å²) in [7, 11) is 1.72. The number of halogens is 1. The van der Waals surface area contributed by atoms with Gasteiger partial charge in [-0.25, -0.2) is 0 Å². The van der Waals surface area contributed by atoms with Crippen LogP contribution in [0, 0.1) is 10.5 Å². The van der Waals surface area contributed by atoms with Crippen LogP contribution in [-0.2, 0) is 16.0 Å². The van der Waals surface area contributed by atoms with Gasteiger partial charge in [0, 0.05) is 12.8 Å². The third-order valence-electron chi connectivity index (χ3n) is 3.94. The molecule has 0 radical (unpaired) electrons. The van der Waals surface area contributed by atoms with E-state index in [4.69, 9.17) is 9.47 Å². The summed E-state index contributed by atoms with van der Waals surface area (Å²) in [6.07, 6.45) is 8.03. The standard InChI is InChI=1S/C14H23IN2O2/c1-12-13(15)10-16-17(12)11-14(19-9-8-18-2)6-4-3-5-7-14/h10H,3-9,11H2,1-2H3. The van der Waals surface area contributed by atoms with Crippen LogP contribution in [0.2, 0.25) is 0 Å². The van der Waals surface area contributed by atoms with Crippen molar-refractivity contribution in [2.45, 2.75) is 51.2 Å². The van der Waals surface area contributed by atoms with Gasteiger partial charge in [0.05, 0.1) is 35.1 Å². The third-order valence-corrected chi connectivity index (χ3v) is 5.00. The predicted octanol–water partition coefficient (Wildman–Crippen LogP) is 3.16. The van der Waals surface area contributed by atoms with Crippen LogP contribution in [0.5, 0.6) is 0 Å². The molecule has 1 aliphatic carbocycles. The molecule has 0 unspecified atom stereocenters. The van der Waals surface area contributed by atoms with Crippen molar-refractivity contribution in [3.63, 3.8) is 0 Å². The monoisotopic (exact) mass is 378 g/mol. The normalized spacial score (nSPS) is 18.7. The van der Waals surface area contributed by atoms with Crippen LogP contribution in [0.25, 0.3) is 0 Å². The molecule has 0 aromatic carbocycles. The van der Waals surface area contributed by atoms with Crippen LogP contribution in [0.3, 0.4) is 0 Å². The van der Waals surface area contributed by atoms with Crippen LogP contribution in [0.15, 0.2) is 6.20 Å². The minimum absolute atomic E-state index is 0.0450. The zero-order valence-corrected chi connectivity index (χ0v) is 14.0. The molecule has 4 nitrogen and oxygen atoms in total. The van der Waals surface area contributed by atoms with E-state index in [1.54, 1.807) is 7.11 Å². The zero-order valence-electron chi connectivity index (χ0n) is 11.8. The van der Waals surface area contributed by atoms with Crippen molar-refractivity contribution in [2.75, 3.05) is 20.3 Å². The Bertz CT molecular complexity index is 400. The summed E-state index contributed by atoms with van der Waals surface area (Å²) < 4.78 is 14.6. The highest BCUT2D eigenvalue weighted by molar-refractivity contribution is 14.1. The molecule has 0 aliphatic heterocycles. The number of rotatable bonds is 6. The number of aromatic nitrogens is 2. The van der Waals surface area contributed by atoms with Crippen molar-refractivity contribution in [1.82, 2.24) is 9.78 Å². The van der Waals surface area contributed by atoms with Gasteiger partial charge in [-0.1, -0.05) is 19.3 Å². The van der Waals surface area contributed by atoms with Gasteiger partial charge in [0.2, 0.25) is 0 Å². The average molecular weight is 378 g/mol. The number of nitrogens with zero attached hydrogens (tertiary/aromatic N) is 2. The first-order chi connectivity index (χ1) is 9.17. The maximum atomic E-state index is 6.19. The van der Waals surface area contributed by atoms with E-state index in [9.17, 15) is 0 Å². The van der Waals surface area contributed by atoms with Crippen molar-refractivity contribution in [3.05, 3.63) is 15.5 Å². The molecule has 1 aromatic rings. The number of hydrogen-bond donors (Lipinski definition) is 0. The lowest BCUT2D eigenvalue weighted by Crippen LogP contribution is -2.41. The fourth-order valence-corrected chi connectivity index (χ4v) is 3.14. The molecule has 1 heterocycles. The maximum Gasteiger partial charge on any atom is 0.0878 e. The van der Waals surface area contributed by atoms with Gasteiger partial charge in [-0.3, -0.25) is 4.68 Å². The van der Waals surface area contributed by atoms with E-state index < -0.39 is 0 Å². The lowest BCUT2D eigenvalue weighted by Gasteiger charge is -2.37. The first-order valence-electron chi connectivity index (χ1n) is 6.98. The van der Waals surface area contributed by atoms with Crippen LogP contribution >= 0.6 is 22.6 Å². The largest absolute Gasteiger partial charge is 0.382 e. The second kappa shape index (κ2) is 7.04. The zero-order chi connectivity index (χ0) is 13.7. The van der Waals surface area contributed by atoms with Gasteiger partial charge < -0.3 is 9.47 Å². The van der Waals surface area contributed by atoms with E-state index in [0.717, 1.165) is 19.4 Å². The van der Waals surface area contributed by atoms with E-state index in [1.165, 1.54) is 28.5 Å². The third kappa shape index (κ3) is 3.92. The van der Waals surface area contributed by atoms with E-state index in [-0.39, 0.29) is 5.60 Å². The number of hydrogen-bond acceptors (Lipinski definition) is 3. The lowest BCUT2D eigenvalue weighted by atomic mass is 9.84. The molecule has 0 N–H and O–H groups in total.